The van der Waals surface area contributed by atoms with Crippen molar-refractivity contribution in [3.63, 3.8) is 0 Å². The lowest BCUT2D eigenvalue weighted by Crippen LogP contribution is -2.37. The molecular weight excluding hydrogens is 438 g/mol. The van der Waals surface area contributed by atoms with Gasteiger partial charge in [0.05, 0.1) is 6.04 Å². The molecule has 2 aliphatic rings. The lowest BCUT2D eigenvalue weighted by atomic mass is 10.2. The van der Waals surface area contributed by atoms with E-state index in [0.29, 0.717) is 30.6 Å². The highest BCUT2D eigenvalue weighted by molar-refractivity contribution is 7.99. The van der Waals surface area contributed by atoms with Crippen LogP contribution in [0.4, 0.5) is 5.69 Å². The molecule has 3 heterocycles. The van der Waals surface area contributed by atoms with Crippen LogP contribution in [0.15, 0.2) is 41.4 Å². The van der Waals surface area contributed by atoms with Gasteiger partial charge < -0.3 is 10.3 Å². The van der Waals surface area contributed by atoms with Crippen molar-refractivity contribution >= 4 is 33.4 Å². The molecule has 0 radical (unpaired) electrons. The third-order valence-electron chi connectivity index (χ3n) is 5.27. The molecule has 0 bridgehead atoms. The highest BCUT2D eigenvalue weighted by Crippen LogP contribution is 2.36. The molecule has 0 unspecified atom stereocenters. The summed E-state index contributed by atoms with van der Waals surface area (Å²) in [6.45, 7) is 0.958. The van der Waals surface area contributed by atoms with Crippen LogP contribution in [0, 0.1) is 0 Å². The minimum Gasteiger partial charge on any atom is -0.356 e. The molecule has 1 aliphatic carbocycles. The Morgan fingerprint density at radius 2 is 2.00 bits per heavy atom. The number of anilines is 1. The van der Waals surface area contributed by atoms with Gasteiger partial charge in [0.1, 0.15) is 10.6 Å². The van der Waals surface area contributed by atoms with Crippen LogP contribution in [-0.4, -0.2) is 68.4 Å². The van der Waals surface area contributed by atoms with E-state index in [4.69, 9.17) is 0 Å². The quantitative estimate of drug-likeness (QED) is 0.577. The van der Waals surface area contributed by atoms with Crippen LogP contribution in [0.1, 0.15) is 29.4 Å². The average Bonchev–Trinajstić information content (AvgIpc) is 3.29. The van der Waals surface area contributed by atoms with Crippen molar-refractivity contribution in [2.45, 2.75) is 23.8 Å². The molecule has 2 aromatic heterocycles. The first-order chi connectivity index (χ1) is 15.0. The van der Waals surface area contributed by atoms with E-state index in [9.17, 15) is 13.2 Å². The number of aromatic nitrogens is 5. The summed E-state index contributed by atoms with van der Waals surface area (Å²) in [5.41, 5.74) is 1.55. The van der Waals surface area contributed by atoms with Crippen molar-refractivity contribution in [3.8, 4) is 11.4 Å². The number of aromatic amines is 1. The summed E-state index contributed by atoms with van der Waals surface area (Å²) in [5, 5.41) is 14.7. The maximum atomic E-state index is 12.8. The van der Waals surface area contributed by atoms with E-state index >= 15 is 0 Å². The minimum atomic E-state index is -3.61. The van der Waals surface area contributed by atoms with Gasteiger partial charge in [-0.1, -0.05) is 12.1 Å². The van der Waals surface area contributed by atoms with E-state index in [1.807, 2.05) is 16.8 Å². The highest BCUT2D eigenvalue weighted by atomic mass is 32.2. The molecule has 1 aromatic carbocycles. The van der Waals surface area contributed by atoms with Gasteiger partial charge in [0, 0.05) is 42.0 Å². The smallest absolute Gasteiger partial charge is 0.272 e. The van der Waals surface area contributed by atoms with Gasteiger partial charge in [-0.15, -0.1) is 5.10 Å². The molecule has 2 fully saturated rings. The van der Waals surface area contributed by atoms with Crippen LogP contribution in [0.3, 0.4) is 0 Å². The molecule has 1 saturated carbocycles. The van der Waals surface area contributed by atoms with Crippen molar-refractivity contribution in [2.75, 3.05) is 29.9 Å². The zero-order chi connectivity index (χ0) is 21.4. The Kier molecular flexibility index (Phi) is 5.28. The Hall–Kier alpha value is -2.70. The molecule has 5 rings (SSSR count). The maximum absolute atomic E-state index is 12.8. The number of hydrogen-bond acceptors (Lipinski definition) is 7. The van der Waals surface area contributed by atoms with Crippen LogP contribution >= 0.6 is 11.8 Å². The molecule has 0 spiro atoms. The molecule has 1 aliphatic heterocycles. The summed E-state index contributed by atoms with van der Waals surface area (Å²) in [4.78, 5) is 15.6. The normalized spacial score (nSPS) is 17.5. The minimum absolute atomic E-state index is 0.0990. The van der Waals surface area contributed by atoms with Gasteiger partial charge in [-0.05, 0) is 41.5 Å². The number of carbonyl (C=O) groups is 1. The van der Waals surface area contributed by atoms with E-state index in [0.717, 1.165) is 29.9 Å². The molecule has 2 N–H and O–H groups in total. The average molecular weight is 460 g/mol. The van der Waals surface area contributed by atoms with Crippen molar-refractivity contribution in [1.82, 2.24) is 29.5 Å². The summed E-state index contributed by atoms with van der Waals surface area (Å²) in [7, 11) is -3.61. The molecular formula is C19H21N7O3S2. The van der Waals surface area contributed by atoms with Crippen molar-refractivity contribution in [2.24, 2.45) is 0 Å². The van der Waals surface area contributed by atoms with Crippen molar-refractivity contribution in [3.05, 3.63) is 42.2 Å². The number of sulfonamides is 1. The predicted molar refractivity (Wildman–Crippen MR) is 116 cm³/mol. The molecule has 3 aromatic rings. The van der Waals surface area contributed by atoms with Crippen LogP contribution < -0.4 is 5.32 Å². The Labute approximate surface area is 183 Å². The summed E-state index contributed by atoms with van der Waals surface area (Å²) in [6, 6.07) is 8.98. The van der Waals surface area contributed by atoms with E-state index in [2.05, 4.69) is 25.8 Å². The third kappa shape index (κ3) is 4.10. The second-order valence-electron chi connectivity index (χ2n) is 7.48. The number of hydrogen-bond donors (Lipinski definition) is 2. The number of amides is 1. The number of H-pyrrole nitrogens is 1. The van der Waals surface area contributed by atoms with Crippen LogP contribution in [-0.2, 0) is 10.0 Å². The van der Waals surface area contributed by atoms with Crippen molar-refractivity contribution < 1.29 is 13.2 Å². The lowest BCUT2D eigenvalue weighted by molar-refractivity contribution is 0.102. The fourth-order valence-corrected chi connectivity index (χ4v) is 6.04. The Morgan fingerprint density at radius 1 is 1.19 bits per heavy atom. The van der Waals surface area contributed by atoms with E-state index in [1.165, 1.54) is 16.6 Å². The van der Waals surface area contributed by atoms with Gasteiger partial charge in [-0.3, -0.25) is 4.79 Å². The van der Waals surface area contributed by atoms with E-state index < -0.39 is 15.9 Å². The fourth-order valence-electron chi connectivity index (χ4n) is 3.47. The SMILES string of the molecule is O=C(Nc1cccc(-c2nnnn2C2CC2)c1)c1cc(S(=O)(=O)N2CCSCC2)c[nH]1. The Morgan fingerprint density at radius 3 is 2.77 bits per heavy atom. The number of benzene rings is 1. The van der Waals surface area contributed by atoms with Gasteiger partial charge in [0.15, 0.2) is 5.82 Å². The zero-order valence-electron chi connectivity index (χ0n) is 16.6. The highest BCUT2D eigenvalue weighted by Gasteiger charge is 2.29. The molecule has 1 saturated heterocycles. The second-order valence-corrected chi connectivity index (χ2v) is 10.6. The topological polar surface area (TPSA) is 126 Å². The van der Waals surface area contributed by atoms with Gasteiger partial charge in [0.2, 0.25) is 10.0 Å². The monoisotopic (exact) mass is 459 g/mol. The summed E-state index contributed by atoms with van der Waals surface area (Å²) in [5.74, 6) is 1.79. The first-order valence-electron chi connectivity index (χ1n) is 9.98. The second kappa shape index (κ2) is 8.09. The first-order valence-corrected chi connectivity index (χ1v) is 12.6. The molecule has 10 nitrogen and oxygen atoms in total. The molecule has 0 atom stereocenters. The number of carbonyl (C=O) groups excluding carboxylic acids is 1. The first kappa shape index (κ1) is 20.2. The van der Waals surface area contributed by atoms with Gasteiger partial charge in [-0.25, -0.2) is 13.1 Å². The summed E-state index contributed by atoms with van der Waals surface area (Å²) >= 11 is 1.74. The summed E-state index contributed by atoms with van der Waals surface area (Å²) < 4.78 is 28.9. The van der Waals surface area contributed by atoms with Gasteiger partial charge >= 0.3 is 0 Å². The van der Waals surface area contributed by atoms with Crippen LogP contribution in [0.2, 0.25) is 0 Å². The standard InChI is InChI=1S/C19H21N7O3S2/c27-19(17-11-16(12-20-17)31(28,29)25-6-8-30-9-7-25)21-14-3-1-2-13(10-14)18-22-23-24-26(18)15-4-5-15/h1-3,10-12,15,20H,4-9H2,(H,21,27). The zero-order valence-corrected chi connectivity index (χ0v) is 18.2. The molecule has 162 valence electrons. The third-order valence-corrected chi connectivity index (χ3v) is 8.09. The largest absolute Gasteiger partial charge is 0.356 e. The van der Waals surface area contributed by atoms with Gasteiger partial charge in [0.25, 0.3) is 5.91 Å². The Bertz CT molecular complexity index is 1210. The Balaban J connectivity index is 1.32. The van der Waals surface area contributed by atoms with E-state index in [1.54, 1.807) is 23.9 Å². The fraction of sp³-hybridized carbons (Fsp3) is 0.368. The molecule has 31 heavy (non-hydrogen) atoms. The summed E-state index contributed by atoms with van der Waals surface area (Å²) in [6.07, 6.45) is 3.48. The maximum Gasteiger partial charge on any atom is 0.272 e. The van der Waals surface area contributed by atoms with Crippen LogP contribution in [0.5, 0.6) is 0 Å². The number of tetrazole rings is 1. The van der Waals surface area contributed by atoms with Crippen LogP contribution in [0.25, 0.3) is 11.4 Å². The number of nitrogens with zero attached hydrogens (tertiary/aromatic N) is 5. The number of rotatable bonds is 6. The van der Waals surface area contributed by atoms with E-state index in [-0.39, 0.29) is 10.6 Å². The lowest BCUT2D eigenvalue weighted by Gasteiger charge is -2.24. The predicted octanol–water partition coefficient (Wildman–Crippen LogP) is 1.99. The molecule has 12 heteroatoms. The van der Waals surface area contributed by atoms with Crippen molar-refractivity contribution in [1.29, 1.82) is 0 Å². The van der Waals surface area contributed by atoms with Gasteiger partial charge in [-0.2, -0.15) is 16.1 Å². The molecule has 1 amide bonds. The number of thioether (sulfide) groups is 1. The number of nitrogens with one attached hydrogen (secondary N) is 2.